The fourth-order valence-electron chi connectivity index (χ4n) is 2.61. The van der Waals surface area contributed by atoms with Crippen molar-refractivity contribution < 1.29 is 19.1 Å². The lowest BCUT2D eigenvalue weighted by Gasteiger charge is -2.15. The van der Waals surface area contributed by atoms with Crippen LogP contribution in [0.4, 0.5) is 0 Å². The topological polar surface area (TPSA) is 88.4 Å². The fraction of sp³-hybridized carbons (Fsp3) is 0.261. The van der Waals surface area contributed by atoms with Crippen LogP contribution in [0.2, 0.25) is 0 Å². The smallest absolute Gasteiger partial charge is 0.349 e. The highest BCUT2D eigenvalue weighted by atomic mass is 16.5. The van der Waals surface area contributed by atoms with E-state index in [-0.39, 0.29) is 11.6 Å². The molecule has 0 aromatic heterocycles. The van der Waals surface area contributed by atoms with Crippen LogP contribution >= 0.6 is 0 Å². The Hall–Kier alpha value is -3.59. The second kappa shape index (κ2) is 10.1. The minimum atomic E-state index is -0.850. The minimum absolute atomic E-state index is 0.190. The third-order valence-corrected chi connectivity index (χ3v) is 4.51. The maximum atomic E-state index is 12.1. The number of hydrogen-bond donors (Lipinski definition) is 1. The number of aryl methyl sites for hydroxylation is 2. The molecule has 1 atom stereocenters. The van der Waals surface area contributed by atoms with Gasteiger partial charge < -0.3 is 14.8 Å². The van der Waals surface area contributed by atoms with Gasteiger partial charge in [0.2, 0.25) is 0 Å². The van der Waals surface area contributed by atoms with Crippen molar-refractivity contribution in [2.24, 2.45) is 0 Å². The number of nitriles is 1. The third kappa shape index (κ3) is 6.22. The van der Waals surface area contributed by atoms with E-state index in [9.17, 15) is 14.9 Å². The Morgan fingerprint density at radius 2 is 1.83 bits per heavy atom. The molecule has 0 spiro atoms. The maximum absolute atomic E-state index is 12.1. The summed E-state index contributed by atoms with van der Waals surface area (Å²) >= 11 is 0. The van der Waals surface area contributed by atoms with Crippen molar-refractivity contribution in [2.75, 3.05) is 13.7 Å². The number of esters is 1. The summed E-state index contributed by atoms with van der Waals surface area (Å²) in [7, 11) is 1.55. The van der Waals surface area contributed by atoms with Gasteiger partial charge in [-0.3, -0.25) is 4.79 Å². The molecule has 0 fully saturated rings. The zero-order valence-corrected chi connectivity index (χ0v) is 17.0. The summed E-state index contributed by atoms with van der Waals surface area (Å²) in [6.45, 7) is 5.42. The van der Waals surface area contributed by atoms with Crippen LogP contribution in [0, 0.1) is 25.2 Å². The van der Waals surface area contributed by atoms with E-state index in [0.717, 1.165) is 11.1 Å². The standard InChI is InChI=1S/C23H24N2O4/c1-15-5-8-19(11-16(15)2)17(3)25-22(26)14-29-23(27)20(13-24)12-18-6-9-21(28-4)10-7-18/h5-12,17H,14H2,1-4H3,(H,25,26)/b20-12+. The molecule has 1 N–H and O–H groups in total. The predicted octanol–water partition coefficient (Wildman–Crippen LogP) is 3.64. The van der Waals surface area contributed by atoms with E-state index >= 15 is 0 Å². The lowest BCUT2D eigenvalue weighted by Crippen LogP contribution is -2.31. The van der Waals surface area contributed by atoms with Gasteiger partial charge >= 0.3 is 5.97 Å². The van der Waals surface area contributed by atoms with E-state index in [0.29, 0.717) is 11.3 Å². The van der Waals surface area contributed by atoms with Crippen molar-refractivity contribution in [3.05, 3.63) is 70.3 Å². The van der Waals surface area contributed by atoms with Gasteiger partial charge in [-0.25, -0.2) is 4.79 Å². The summed E-state index contributed by atoms with van der Waals surface area (Å²) in [5.41, 5.74) is 3.73. The van der Waals surface area contributed by atoms with Gasteiger partial charge in [0.05, 0.1) is 13.2 Å². The number of amides is 1. The first-order valence-electron chi connectivity index (χ1n) is 9.13. The molecule has 0 aliphatic rings. The monoisotopic (exact) mass is 392 g/mol. The number of benzene rings is 2. The molecule has 0 heterocycles. The first kappa shape index (κ1) is 21.7. The maximum Gasteiger partial charge on any atom is 0.349 e. The second-order valence-corrected chi connectivity index (χ2v) is 6.65. The van der Waals surface area contributed by atoms with Crippen molar-refractivity contribution in [3.8, 4) is 11.8 Å². The van der Waals surface area contributed by atoms with E-state index < -0.39 is 18.5 Å². The van der Waals surface area contributed by atoms with Gasteiger partial charge in [-0.15, -0.1) is 0 Å². The zero-order valence-electron chi connectivity index (χ0n) is 17.0. The molecule has 1 unspecified atom stereocenters. The van der Waals surface area contributed by atoms with E-state index in [1.165, 1.54) is 11.6 Å². The molecule has 6 heteroatoms. The summed E-state index contributed by atoms with van der Waals surface area (Å²) in [6.07, 6.45) is 1.40. The van der Waals surface area contributed by atoms with E-state index in [1.54, 1.807) is 37.4 Å². The summed E-state index contributed by atoms with van der Waals surface area (Å²) in [4.78, 5) is 24.2. The van der Waals surface area contributed by atoms with Crippen LogP contribution in [0.15, 0.2) is 48.0 Å². The molecule has 0 saturated heterocycles. The normalized spacial score (nSPS) is 11.9. The highest BCUT2D eigenvalue weighted by Crippen LogP contribution is 2.17. The lowest BCUT2D eigenvalue weighted by molar-refractivity contribution is -0.144. The van der Waals surface area contributed by atoms with Gasteiger partial charge in [0.1, 0.15) is 17.4 Å². The number of nitrogens with one attached hydrogen (secondary N) is 1. The number of methoxy groups -OCH3 is 1. The Bertz CT molecular complexity index is 956. The molecule has 0 aliphatic carbocycles. The third-order valence-electron chi connectivity index (χ3n) is 4.51. The molecule has 0 radical (unpaired) electrons. The van der Waals surface area contributed by atoms with Crippen molar-refractivity contribution in [1.29, 1.82) is 5.26 Å². The van der Waals surface area contributed by atoms with Crippen LogP contribution in [0.5, 0.6) is 5.75 Å². The summed E-state index contributed by atoms with van der Waals surface area (Å²) in [6, 6.07) is 14.4. The second-order valence-electron chi connectivity index (χ2n) is 6.65. The molecule has 2 aromatic carbocycles. The quantitative estimate of drug-likeness (QED) is 0.441. The van der Waals surface area contributed by atoms with Crippen molar-refractivity contribution in [3.63, 3.8) is 0 Å². The van der Waals surface area contributed by atoms with Gasteiger partial charge in [-0.05, 0) is 61.2 Å². The molecule has 150 valence electrons. The van der Waals surface area contributed by atoms with Crippen LogP contribution in [0.25, 0.3) is 6.08 Å². The Balaban J connectivity index is 1.93. The number of nitrogens with zero attached hydrogens (tertiary/aromatic N) is 1. The molecule has 2 aromatic rings. The van der Waals surface area contributed by atoms with Crippen molar-refractivity contribution in [1.82, 2.24) is 5.32 Å². The average molecular weight is 392 g/mol. The predicted molar refractivity (Wildman–Crippen MR) is 110 cm³/mol. The largest absolute Gasteiger partial charge is 0.497 e. The average Bonchev–Trinajstić information content (AvgIpc) is 2.72. The first-order valence-corrected chi connectivity index (χ1v) is 9.13. The van der Waals surface area contributed by atoms with Crippen LogP contribution < -0.4 is 10.1 Å². The van der Waals surface area contributed by atoms with Crippen LogP contribution in [-0.2, 0) is 14.3 Å². The molecule has 1 amide bonds. The Morgan fingerprint density at radius 3 is 2.41 bits per heavy atom. The van der Waals surface area contributed by atoms with Crippen molar-refractivity contribution >= 4 is 18.0 Å². The molecular weight excluding hydrogens is 368 g/mol. The lowest BCUT2D eigenvalue weighted by atomic mass is 10.0. The van der Waals surface area contributed by atoms with Crippen molar-refractivity contribution in [2.45, 2.75) is 26.8 Å². The Labute approximate surface area is 170 Å². The molecule has 0 saturated carbocycles. The molecule has 29 heavy (non-hydrogen) atoms. The first-order chi connectivity index (χ1) is 13.8. The van der Waals surface area contributed by atoms with Gasteiger partial charge in [0, 0.05) is 0 Å². The molecule has 0 aliphatic heterocycles. The summed E-state index contributed by atoms with van der Waals surface area (Å²) in [5.74, 6) is -0.624. The highest BCUT2D eigenvalue weighted by molar-refractivity contribution is 5.98. The van der Waals surface area contributed by atoms with Crippen LogP contribution in [0.1, 0.15) is 35.2 Å². The van der Waals surface area contributed by atoms with Gasteiger partial charge in [0.15, 0.2) is 6.61 Å². The molecular formula is C23H24N2O4. The van der Waals surface area contributed by atoms with E-state index in [1.807, 2.05) is 39.0 Å². The number of carbonyl (C=O) groups excluding carboxylic acids is 2. The SMILES string of the molecule is COc1ccc(/C=C(\C#N)C(=O)OCC(=O)NC(C)c2ccc(C)c(C)c2)cc1. The van der Waals surface area contributed by atoms with Crippen LogP contribution in [0.3, 0.4) is 0 Å². The van der Waals surface area contributed by atoms with E-state index in [2.05, 4.69) is 5.32 Å². The van der Waals surface area contributed by atoms with E-state index in [4.69, 9.17) is 9.47 Å². The molecule has 0 bridgehead atoms. The Morgan fingerprint density at radius 1 is 1.14 bits per heavy atom. The van der Waals surface area contributed by atoms with Gasteiger partial charge in [0.25, 0.3) is 5.91 Å². The highest BCUT2D eigenvalue weighted by Gasteiger charge is 2.15. The van der Waals surface area contributed by atoms with Gasteiger partial charge in [-0.2, -0.15) is 5.26 Å². The number of carbonyl (C=O) groups is 2. The summed E-state index contributed by atoms with van der Waals surface area (Å²) < 4.78 is 10.1. The Kier molecular flexibility index (Phi) is 7.55. The van der Waals surface area contributed by atoms with Gasteiger partial charge in [-0.1, -0.05) is 30.3 Å². The molecule has 6 nitrogen and oxygen atoms in total. The zero-order chi connectivity index (χ0) is 21.4. The number of hydrogen-bond acceptors (Lipinski definition) is 5. The minimum Gasteiger partial charge on any atom is -0.497 e. The fourth-order valence-corrected chi connectivity index (χ4v) is 2.61. The number of ether oxygens (including phenoxy) is 2. The van der Waals surface area contributed by atoms with Crippen LogP contribution in [-0.4, -0.2) is 25.6 Å². The summed E-state index contributed by atoms with van der Waals surface area (Å²) in [5, 5.41) is 12.0. The molecule has 2 rings (SSSR count). The number of rotatable bonds is 7.